The molecule has 2 N–H and O–H groups in total. The highest BCUT2D eigenvalue weighted by atomic mass is 16.5. The maximum atomic E-state index is 12.2. The predicted molar refractivity (Wildman–Crippen MR) is 93.5 cm³/mol. The predicted octanol–water partition coefficient (Wildman–Crippen LogP) is 3.13. The molecule has 0 spiro atoms. The van der Waals surface area contributed by atoms with Gasteiger partial charge in [-0.2, -0.15) is 0 Å². The number of anilines is 2. The van der Waals surface area contributed by atoms with Gasteiger partial charge in [0.15, 0.2) is 0 Å². The molecule has 2 fully saturated rings. The van der Waals surface area contributed by atoms with E-state index >= 15 is 0 Å². The molecule has 0 radical (unpaired) electrons. The topological polar surface area (TPSA) is 70.7 Å². The van der Waals surface area contributed by atoms with E-state index in [0.717, 1.165) is 18.5 Å². The van der Waals surface area contributed by atoms with Crippen LogP contribution in [0, 0.1) is 5.92 Å². The number of amides is 3. The lowest BCUT2D eigenvalue weighted by Gasteiger charge is -2.28. The number of nitrogens with one attached hydrogen (secondary N) is 2. The van der Waals surface area contributed by atoms with E-state index in [2.05, 4.69) is 10.6 Å². The molecule has 6 heteroatoms. The highest BCUT2D eigenvalue weighted by Gasteiger charge is 2.29. The van der Waals surface area contributed by atoms with Gasteiger partial charge in [0, 0.05) is 24.7 Å². The average molecular weight is 331 g/mol. The van der Waals surface area contributed by atoms with E-state index < -0.39 is 0 Å². The molecule has 1 saturated heterocycles. The molecule has 1 heterocycles. The Morgan fingerprint density at radius 3 is 2.79 bits per heavy atom. The van der Waals surface area contributed by atoms with E-state index in [0.29, 0.717) is 30.3 Å². The van der Waals surface area contributed by atoms with Crippen molar-refractivity contribution in [2.45, 2.75) is 45.1 Å². The summed E-state index contributed by atoms with van der Waals surface area (Å²) < 4.78 is 5.39. The van der Waals surface area contributed by atoms with Crippen LogP contribution in [0.3, 0.4) is 0 Å². The number of piperidine rings is 1. The Kier molecular flexibility index (Phi) is 4.92. The molecule has 1 saturated carbocycles. The van der Waals surface area contributed by atoms with Gasteiger partial charge in [0.2, 0.25) is 5.91 Å². The molecular formula is C18H25N3O3. The second-order valence-electron chi connectivity index (χ2n) is 6.61. The lowest BCUT2D eigenvalue weighted by atomic mass is 10.1. The summed E-state index contributed by atoms with van der Waals surface area (Å²) in [7, 11) is 1.59. The largest absolute Gasteiger partial charge is 0.495 e. The number of urea groups is 1. The van der Waals surface area contributed by atoms with Crippen molar-refractivity contribution in [3.8, 4) is 5.75 Å². The van der Waals surface area contributed by atoms with Gasteiger partial charge in [-0.1, -0.05) is 0 Å². The molecule has 1 aliphatic carbocycles. The third-order valence-corrected chi connectivity index (χ3v) is 4.74. The number of hydrogen-bond donors (Lipinski definition) is 2. The van der Waals surface area contributed by atoms with Gasteiger partial charge in [-0.25, -0.2) is 4.79 Å². The fraction of sp³-hybridized carbons (Fsp3) is 0.556. The normalized spacial score (nSPS) is 18.9. The summed E-state index contributed by atoms with van der Waals surface area (Å²) in [6, 6.07) is 5.36. The van der Waals surface area contributed by atoms with Gasteiger partial charge in [-0.15, -0.1) is 0 Å². The Labute approximate surface area is 142 Å². The molecule has 0 bridgehead atoms. The number of rotatable bonds is 5. The molecule has 1 aromatic carbocycles. The first-order valence-corrected chi connectivity index (χ1v) is 8.64. The van der Waals surface area contributed by atoms with Crippen LogP contribution in [0.4, 0.5) is 16.2 Å². The van der Waals surface area contributed by atoms with E-state index in [1.54, 1.807) is 24.1 Å². The first-order valence-electron chi connectivity index (χ1n) is 8.64. The molecule has 2 aliphatic rings. The monoisotopic (exact) mass is 331 g/mol. The van der Waals surface area contributed by atoms with Gasteiger partial charge in [-0.05, 0) is 56.7 Å². The molecule has 1 atom stereocenters. The minimum absolute atomic E-state index is 0.100. The Morgan fingerprint density at radius 2 is 2.12 bits per heavy atom. The first kappa shape index (κ1) is 16.6. The second kappa shape index (κ2) is 7.11. The van der Waals surface area contributed by atoms with Crippen LogP contribution in [0.2, 0.25) is 0 Å². The molecule has 1 aliphatic heterocycles. The molecule has 1 aromatic rings. The number of carbonyl (C=O) groups excluding carboxylic acids is 2. The van der Waals surface area contributed by atoms with Crippen LogP contribution in [0.5, 0.6) is 5.75 Å². The lowest BCUT2D eigenvalue weighted by Crippen LogP contribution is -2.37. The van der Waals surface area contributed by atoms with Gasteiger partial charge in [-0.3, -0.25) is 4.79 Å². The van der Waals surface area contributed by atoms with Gasteiger partial charge in [0.1, 0.15) is 5.75 Å². The standard InChI is InChI=1S/C18H25N3O3/c1-12(13-6-7-13)19-18(23)20-14-8-9-16(24-2)15(11-14)21-10-4-3-5-17(21)22/h8-9,11-13H,3-7,10H2,1-2H3,(H2,19,20,23). The maximum Gasteiger partial charge on any atom is 0.319 e. The van der Waals surface area contributed by atoms with E-state index in [-0.39, 0.29) is 18.0 Å². The molecule has 0 aromatic heterocycles. The van der Waals surface area contributed by atoms with E-state index in [4.69, 9.17) is 4.74 Å². The smallest absolute Gasteiger partial charge is 0.319 e. The van der Waals surface area contributed by atoms with Crippen molar-refractivity contribution in [2.75, 3.05) is 23.9 Å². The Hall–Kier alpha value is -2.24. The summed E-state index contributed by atoms with van der Waals surface area (Å²) in [6.07, 6.45) is 4.83. The number of methoxy groups -OCH3 is 1. The highest BCUT2D eigenvalue weighted by molar-refractivity contribution is 5.97. The Bertz CT molecular complexity index is 628. The third kappa shape index (κ3) is 3.80. The summed E-state index contributed by atoms with van der Waals surface area (Å²) in [5.41, 5.74) is 1.37. The van der Waals surface area contributed by atoms with Crippen LogP contribution >= 0.6 is 0 Å². The maximum absolute atomic E-state index is 12.2. The number of benzene rings is 1. The van der Waals surface area contributed by atoms with Crippen LogP contribution < -0.4 is 20.3 Å². The third-order valence-electron chi connectivity index (χ3n) is 4.74. The summed E-state index contributed by atoms with van der Waals surface area (Å²) in [5.74, 6) is 1.35. The number of nitrogens with zero attached hydrogens (tertiary/aromatic N) is 1. The molecule has 24 heavy (non-hydrogen) atoms. The number of carbonyl (C=O) groups is 2. The van der Waals surface area contributed by atoms with Crippen molar-refractivity contribution in [3.63, 3.8) is 0 Å². The first-order chi connectivity index (χ1) is 11.6. The average Bonchev–Trinajstić information content (AvgIpc) is 3.40. The van der Waals surface area contributed by atoms with Crippen molar-refractivity contribution < 1.29 is 14.3 Å². The summed E-state index contributed by atoms with van der Waals surface area (Å²) in [5, 5.41) is 5.82. The zero-order valence-corrected chi connectivity index (χ0v) is 14.3. The summed E-state index contributed by atoms with van der Waals surface area (Å²) in [4.78, 5) is 26.1. The highest BCUT2D eigenvalue weighted by Crippen LogP contribution is 2.34. The lowest BCUT2D eigenvalue weighted by molar-refractivity contribution is -0.119. The molecule has 1 unspecified atom stereocenters. The molecule has 3 amide bonds. The van der Waals surface area contributed by atoms with Crippen LogP contribution in [0.25, 0.3) is 0 Å². The van der Waals surface area contributed by atoms with Crippen molar-refractivity contribution in [3.05, 3.63) is 18.2 Å². The van der Waals surface area contributed by atoms with Gasteiger partial charge >= 0.3 is 6.03 Å². The van der Waals surface area contributed by atoms with E-state index in [9.17, 15) is 9.59 Å². The molecule has 3 rings (SSSR count). The van der Waals surface area contributed by atoms with Gasteiger partial charge < -0.3 is 20.3 Å². The minimum atomic E-state index is -0.213. The van der Waals surface area contributed by atoms with Gasteiger partial charge in [0.25, 0.3) is 0 Å². The van der Waals surface area contributed by atoms with Crippen LogP contribution in [-0.4, -0.2) is 31.6 Å². The van der Waals surface area contributed by atoms with Crippen LogP contribution in [0.1, 0.15) is 39.0 Å². The van der Waals surface area contributed by atoms with Crippen LogP contribution in [0.15, 0.2) is 18.2 Å². The van der Waals surface area contributed by atoms with Crippen molar-refractivity contribution in [2.24, 2.45) is 5.92 Å². The Morgan fingerprint density at radius 1 is 1.33 bits per heavy atom. The fourth-order valence-corrected chi connectivity index (χ4v) is 3.13. The van der Waals surface area contributed by atoms with Crippen molar-refractivity contribution in [1.29, 1.82) is 0 Å². The van der Waals surface area contributed by atoms with Crippen molar-refractivity contribution in [1.82, 2.24) is 5.32 Å². The molecular weight excluding hydrogens is 306 g/mol. The zero-order valence-electron chi connectivity index (χ0n) is 14.3. The summed E-state index contributed by atoms with van der Waals surface area (Å²) in [6.45, 7) is 2.71. The van der Waals surface area contributed by atoms with E-state index in [1.807, 2.05) is 13.0 Å². The zero-order chi connectivity index (χ0) is 17.1. The number of ether oxygens (including phenoxy) is 1. The second-order valence-corrected chi connectivity index (χ2v) is 6.61. The quantitative estimate of drug-likeness (QED) is 0.871. The SMILES string of the molecule is COc1ccc(NC(=O)NC(C)C2CC2)cc1N1CCCCC1=O. The molecule has 6 nitrogen and oxygen atoms in total. The minimum Gasteiger partial charge on any atom is -0.495 e. The summed E-state index contributed by atoms with van der Waals surface area (Å²) >= 11 is 0. The van der Waals surface area contributed by atoms with Crippen molar-refractivity contribution >= 4 is 23.3 Å². The Balaban J connectivity index is 1.73. The molecule has 130 valence electrons. The van der Waals surface area contributed by atoms with Crippen LogP contribution in [-0.2, 0) is 4.79 Å². The van der Waals surface area contributed by atoms with Gasteiger partial charge in [0.05, 0.1) is 12.8 Å². The fourth-order valence-electron chi connectivity index (χ4n) is 3.13. The number of hydrogen-bond acceptors (Lipinski definition) is 3. The van der Waals surface area contributed by atoms with E-state index in [1.165, 1.54) is 12.8 Å².